The maximum Gasteiger partial charge on any atom is 0.303 e. The van der Waals surface area contributed by atoms with Gasteiger partial charge in [0.2, 0.25) is 0 Å². The highest BCUT2D eigenvalue weighted by molar-refractivity contribution is 5.66. The summed E-state index contributed by atoms with van der Waals surface area (Å²) in [6.45, 7) is 7.04. The molecule has 4 heteroatoms. The lowest BCUT2D eigenvalue weighted by Crippen LogP contribution is -2.46. The molecule has 2 unspecified atom stereocenters. The van der Waals surface area contributed by atoms with Crippen LogP contribution in [-0.2, 0) is 4.79 Å². The fourth-order valence-corrected chi connectivity index (χ4v) is 3.89. The summed E-state index contributed by atoms with van der Waals surface area (Å²) in [5.74, 6) is -0.645. The van der Waals surface area contributed by atoms with E-state index in [1.54, 1.807) is 0 Å². The predicted molar refractivity (Wildman–Crippen MR) is 81.0 cm³/mol. The van der Waals surface area contributed by atoms with E-state index in [1.807, 2.05) is 0 Å². The lowest BCUT2D eigenvalue weighted by Gasteiger charge is -2.41. The second kappa shape index (κ2) is 7.99. The molecular weight excluding hydrogens is 252 g/mol. The van der Waals surface area contributed by atoms with Gasteiger partial charge in [-0.25, -0.2) is 0 Å². The Bertz CT molecular complexity index is 309. The molecule has 0 bridgehead atoms. The SMILES string of the molecule is CCN1CCCC(N2CCCCC2CCC(=O)O)CC1. The number of hydrogen-bond donors (Lipinski definition) is 1. The third kappa shape index (κ3) is 4.45. The number of rotatable bonds is 5. The van der Waals surface area contributed by atoms with Gasteiger partial charge in [0.1, 0.15) is 0 Å². The fraction of sp³-hybridized carbons (Fsp3) is 0.938. The Balaban J connectivity index is 1.91. The Hall–Kier alpha value is -0.610. The molecule has 1 N–H and O–H groups in total. The van der Waals surface area contributed by atoms with Crippen molar-refractivity contribution in [2.45, 2.75) is 70.4 Å². The van der Waals surface area contributed by atoms with Gasteiger partial charge in [-0.3, -0.25) is 9.69 Å². The van der Waals surface area contributed by atoms with Crippen LogP contribution in [-0.4, -0.2) is 59.1 Å². The number of carboxylic acids is 1. The first-order valence-electron chi connectivity index (χ1n) is 8.40. The second-order valence-corrected chi connectivity index (χ2v) is 6.34. The van der Waals surface area contributed by atoms with E-state index in [9.17, 15) is 4.79 Å². The van der Waals surface area contributed by atoms with Gasteiger partial charge in [-0.1, -0.05) is 13.3 Å². The van der Waals surface area contributed by atoms with Crippen molar-refractivity contribution in [3.8, 4) is 0 Å². The molecule has 20 heavy (non-hydrogen) atoms. The molecule has 2 atom stereocenters. The lowest BCUT2D eigenvalue weighted by molar-refractivity contribution is -0.137. The van der Waals surface area contributed by atoms with Crippen LogP contribution >= 0.6 is 0 Å². The van der Waals surface area contributed by atoms with Crippen molar-refractivity contribution < 1.29 is 9.90 Å². The molecule has 0 aromatic heterocycles. The van der Waals surface area contributed by atoms with Crippen molar-refractivity contribution in [3.63, 3.8) is 0 Å². The molecule has 2 aliphatic rings. The highest BCUT2D eigenvalue weighted by Crippen LogP contribution is 2.27. The quantitative estimate of drug-likeness (QED) is 0.842. The molecule has 0 aromatic carbocycles. The van der Waals surface area contributed by atoms with Crippen LogP contribution in [0.3, 0.4) is 0 Å². The van der Waals surface area contributed by atoms with Crippen molar-refractivity contribution >= 4 is 5.97 Å². The minimum Gasteiger partial charge on any atom is -0.481 e. The zero-order valence-electron chi connectivity index (χ0n) is 12.9. The molecule has 116 valence electrons. The van der Waals surface area contributed by atoms with E-state index >= 15 is 0 Å². The minimum atomic E-state index is -0.645. The van der Waals surface area contributed by atoms with Gasteiger partial charge in [-0.15, -0.1) is 0 Å². The van der Waals surface area contributed by atoms with Crippen LogP contribution in [0.25, 0.3) is 0 Å². The molecule has 4 nitrogen and oxygen atoms in total. The average molecular weight is 282 g/mol. The minimum absolute atomic E-state index is 0.328. The van der Waals surface area contributed by atoms with Crippen LogP contribution in [0.5, 0.6) is 0 Å². The highest BCUT2D eigenvalue weighted by Gasteiger charge is 2.30. The molecule has 2 fully saturated rings. The Morgan fingerprint density at radius 3 is 2.70 bits per heavy atom. The van der Waals surface area contributed by atoms with Crippen molar-refractivity contribution in [2.24, 2.45) is 0 Å². The van der Waals surface area contributed by atoms with Crippen molar-refractivity contribution in [3.05, 3.63) is 0 Å². The topological polar surface area (TPSA) is 43.8 Å². The molecule has 0 amide bonds. The van der Waals surface area contributed by atoms with Gasteiger partial charge in [0.15, 0.2) is 0 Å². The number of aliphatic carboxylic acids is 1. The molecule has 0 radical (unpaired) electrons. The zero-order valence-corrected chi connectivity index (χ0v) is 12.9. The van der Waals surface area contributed by atoms with Crippen LogP contribution in [0.2, 0.25) is 0 Å². The summed E-state index contributed by atoms with van der Waals surface area (Å²) >= 11 is 0. The Labute approximate surface area is 123 Å². The fourth-order valence-electron chi connectivity index (χ4n) is 3.89. The predicted octanol–water partition coefficient (Wildman–Crippen LogP) is 2.58. The van der Waals surface area contributed by atoms with Gasteiger partial charge in [0.05, 0.1) is 0 Å². The van der Waals surface area contributed by atoms with Gasteiger partial charge >= 0.3 is 5.97 Å². The smallest absolute Gasteiger partial charge is 0.303 e. The van der Waals surface area contributed by atoms with Gasteiger partial charge in [0, 0.05) is 18.5 Å². The van der Waals surface area contributed by atoms with E-state index in [4.69, 9.17) is 5.11 Å². The monoisotopic (exact) mass is 282 g/mol. The van der Waals surface area contributed by atoms with Crippen LogP contribution < -0.4 is 0 Å². The van der Waals surface area contributed by atoms with E-state index in [1.165, 1.54) is 58.2 Å². The molecule has 2 rings (SSSR count). The van der Waals surface area contributed by atoms with Crippen LogP contribution in [0.4, 0.5) is 0 Å². The van der Waals surface area contributed by atoms with Gasteiger partial charge < -0.3 is 10.0 Å². The maximum atomic E-state index is 10.8. The molecule has 2 aliphatic heterocycles. The first-order chi connectivity index (χ1) is 9.70. The van der Waals surface area contributed by atoms with E-state index in [0.717, 1.165) is 13.0 Å². The first-order valence-corrected chi connectivity index (χ1v) is 8.40. The molecule has 0 aromatic rings. The van der Waals surface area contributed by atoms with Crippen molar-refractivity contribution in [2.75, 3.05) is 26.2 Å². The Kier molecular flexibility index (Phi) is 6.30. The number of hydrogen-bond acceptors (Lipinski definition) is 3. The second-order valence-electron chi connectivity index (χ2n) is 6.34. The Morgan fingerprint density at radius 1 is 1.10 bits per heavy atom. The number of likely N-dealkylation sites (tertiary alicyclic amines) is 2. The summed E-state index contributed by atoms with van der Waals surface area (Å²) < 4.78 is 0. The molecule has 2 heterocycles. The Morgan fingerprint density at radius 2 is 1.95 bits per heavy atom. The molecular formula is C16H30N2O2. The van der Waals surface area contributed by atoms with Gasteiger partial charge in [0.25, 0.3) is 0 Å². The van der Waals surface area contributed by atoms with Gasteiger partial charge in [-0.2, -0.15) is 0 Å². The summed E-state index contributed by atoms with van der Waals surface area (Å²) in [5, 5.41) is 8.93. The highest BCUT2D eigenvalue weighted by atomic mass is 16.4. The summed E-state index contributed by atoms with van der Waals surface area (Å²) in [7, 11) is 0. The van der Waals surface area contributed by atoms with E-state index in [0.29, 0.717) is 18.5 Å². The zero-order chi connectivity index (χ0) is 14.4. The summed E-state index contributed by atoms with van der Waals surface area (Å²) in [6.07, 6.45) is 8.77. The number of carboxylic acid groups (broad SMARTS) is 1. The summed E-state index contributed by atoms with van der Waals surface area (Å²) in [4.78, 5) is 16.0. The number of piperidine rings is 1. The standard InChI is InChI=1S/C16H30N2O2/c1-2-17-11-5-7-15(10-13-17)18-12-4-3-6-14(18)8-9-16(19)20/h14-15H,2-13H2,1H3,(H,19,20). The molecule has 2 saturated heterocycles. The lowest BCUT2D eigenvalue weighted by atomic mass is 9.94. The molecule has 0 spiro atoms. The number of nitrogens with zero attached hydrogens (tertiary/aromatic N) is 2. The maximum absolute atomic E-state index is 10.8. The summed E-state index contributed by atoms with van der Waals surface area (Å²) in [6, 6.07) is 1.20. The molecule has 0 aliphatic carbocycles. The normalized spacial score (nSPS) is 30.1. The van der Waals surface area contributed by atoms with E-state index in [2.05, 4.69) is 16.7 Å². The third-order valence-corrected chi connectivity index (χ3v) is 5.07. The molecule has 0 saturated carbocycles. The summed E-state index contributed by atoms with van der Waals surface area (Å²) in [5.41, 5.74) is 0. The average Bonchev–Trinajstić information content (AvgIpc) is 2.70. The third-order valence-electron chi connectivity index (χ3n) is 5.07. The van der Waals surface area contributed by atoms with E-state index in [-0.39, 0.29) is 0 Å². The van der Waals surface area contributed by atoms with Crippen molar-refractivity contribution in [1.29, 1.82) is 0 Å². The van der Waals surface area contributed by atoms with E-state index < -0.39 is 5.97 Å². The number of carbonyl (C=O) groups is 1. The van der Waals surface area contributed by atoms with Crippen LogP contribution in [0, 0.1) is 0 Å². The van der Waals surface area contributed by atoms with Crippen LogP contribution in [0.15, 0.2) is 0 Å². The van der Waals surface area contributed by atoms with Crippen molar-refractivity contribution in [1.82, 2.24) is 9.80 Å². The van der Waals surface area contributed by atoms with Gasteiger partial charge in [-0.05, 0) is 64.7 Å². The first kappa shape index (κ1) is 15.8. The largest absolute Gasteiger partial charge is 0.481 e. The van der Waals surface area contributed by atoms with Crippen LogP contribution in [0.1, 0.15) is 58.3 Å².